The van der Waals surface area contributed by atoms with Crippen LogP contribution in [0.25, 0.3) is 0 Å². The SMILES string of the molecule is CCOC1CC(NC(=NC)NC2CCN(Cc3ccccn3)CC2)C12CCCCC2. The van der Waals surface area contributed by atoms with Gasteiger partial charge in [-0.05, 0) is 51.2 Å². The van der Waals surface area contributed by atoms with Crippen molar-refractivity contribution < 1.29 is 4.74 Å². The van der Waals surface area contributed by atoms with Crippen LogP contribution in [0.4, 0.5) is 0 Å². The number of pyridine rings is 1. The van der Waals surface area contributed by atoms with Crippen LogP contribution >= 0.6 is 0 Å². The maximum absolute atomic E-state index is 6.12. The number of piperidine rings is 1. The second-order valence-electron chi connectivity index (χ2n) is 9.26. The highest BCUT2D eigenvalue weighted by Gasteiger charge is 2.55. The van der Waals surface area contributed by atoms with Gasteiger partial charge in [0.25, 0.3) is 0 Å². The molecule has 0 amide bonds. The maximum atomic E-state index is 6.12. The van der Waals surface area contributed by atoms with Gasteiger partial charge in [0.05, 0.1) is 11.8 Å². The van der Waals surface area contributed by atoms with E-state index >= 15 is 0 Å². The molecule has 1 aliphatic heterocycles. The van der Waals surface area contributed by atoms with Gasteiger partial charge in [0.2, 0.25) is 0 Å². The van der Waals surface area contributed by atoms with E-state index in [1.165, 1.54) is 32.1 Å². The van der Waals surface area contributed by atoms with Gasteiger partial charge in [-0.3, -0.25) is 14.9 Å². The zero-order valence-corrected chi connectivity index (χ0v) is 18.8. The number of rotatable bonds is 6. The Kier molecular flexibility index (Phi) is 7.26. The van der Waals surface area contributed by atoms with E-state index in [0.717, 1.165) is 57.2 Å². The lowest BCUT2D eigenvalue weighted by molar-refractivity contribution is -0.145. The summed E-state index contributed by atoms with van der Waals surface area (Å²) in [5.74, 6) is 0.975. The summed E-state index contributed by atoms with van der Waals surface area (Å²) in [6.45, 7) is 6.10. The summed E-state index contributed by atoms with van der Waals surface area (Å²) in [5, 5.41) is 7.50. The molecule has 2 unspecified atom stereocenters. The molecule has 166 valence electrons. The molecule has 2 heterocycles. The van der Waals surface area contributed by atoms with Gasteiger partial charge in [-0.1, -0.05) is 25.3 Å². The fourth-order valence-corrected chi connectivity index (χ4v) is 5.75. The lowest BCUT2D eigenvalue weighted by Gasteiger charge is -2.58. The highest BCUT2D eigenvalue weighted by Crippen LogP contribution is 2.53. The first kappa shape index (κ1) is 21.6. The monoisotopic (exact) mass is 413 g/mol. The van der Waals surface area contributed by atoms with Gasteiger partial charge < -0.3 is 15.4 Å². The first-order chi connectivity index (χ1) is 14.7. The van der Waals surface area contributed by atoms with Gasteiger partial charge in [0, 0.05) is 57.0 Å². The highest BCUT2D eigenvalue weighted by molar-refractivity contribution is 5.80. The van der Waals surface area contributed by atoms with Crippen molar-refractivity contribution in [1.29, 1.82) is 0 Å². The Morgan fingerprint density at radius 3 is 2.67 bits per heavy atom. The Morgan fingerprint density at radius 1 is 1.20 bits per heavy atom. The van der Waals surface area contributed by atoms with Crippen LogP contribution in [-0.4, -0.2) is 60.8 Å². The van der Waals surface area contributed by atoms with E-state index in [-0.39, 0.29) is 0 Å². The minimum atomic E-state index is 0.317. The molecule has 1 aromatic heterocycles. The van der Waals surface area contributed by atoms with E-state index in [4.69, 9.17) is 4.74 Å². The molecule has 30 heavy (non-hydrogen) atoms. The van der Waals surface area contributed by atoms with Crippen LogP contribution in [0.15, 0.2) is 29.4 Å². The van der Waals surface area contributed by atoms with Crippen LogP contribution in [0.5, 0.6) is 0 Å². The molecular weight excluding hydrogens is 374 g/mol. The van der Waals surface area contributed by atoms with Crippen molar-refractivity contribution in [2.45, 2.75) is 83.0 Å². The molecule has 4 rings (SSSR count). The van der Waals surface area contributed by atoms with E-state index in [1.54, 1.807) is 0 Å². The Hall–Kier alpha value is -1.66. The number of aliphatic imine (C=N–C) groups is 1. The second-order valence-corrected chi connectivity index (χ2v) is 9.26. The number of ether oxygens (including phenoxy) is 1. The van der Waals surface area contributed by atoms with Crippen molar-refractivity contribution in [3.63, 3.8) is 0 Å². The van der Waals surface area contributed by atoms with E-state index < -0.39 is 0 Å². The number of nitrogens with one attached hydrogen (secondary N) is 2. The van der Waals surface area contributed by atoms with E-state index in [1.807, 2.05) is 19.3 Å². The predicted molar refractivity (Wildman–Crippen MR) is 122 cm³/mol. The number of hydrogen-bond acceptors (Lipinski definition) is 4. The van der Waals surface area contributed by atoms with E-state index in [9.17, 15) is 0 Å². The summed E-state index contributed by atoms with van der Waals surface area (Å²) in [7, 11) is 1.90. The van der Waals surface area contributed by atoms with Crippen LogP contribution in [0, 0.1) is 5.41 Å². The van der Waals surface area contributed by atoms with Crippen molar-refractivity contribution >= 4 is 5.96 Å². The fraction of sp³-hybridized carbons (Fsp3) is 0.750. The summed E-state index contributed by atoms with van der Waals surface area (Å²) >= 11 is 0. The van der Waals surface area contributed by atoms with Crippen molar-refractivity contribution in [2.24, 2.45) is 10.4 Å². The van der Waals surface area contributed by atoms with Crippen LogP contribution in [0.1, 0.15) is 64.0 Å². The van der Waals surface area contributed by atoms with Crippen LogP contribution < -0.4 is 10.6 Å². The third-order valence-electron chi connectivity index (χ3n) is 7.51. The van der Waals surface area contributed by atoms with Crippen molar-refractivity contribution in [3.8, 4) is 0 Å². The zero-order valence-electron chi connectivity index (χ0n) is 18.8. The Morgan fingerprint density at radius 2 is 2.00 bits per heavy atom. The molecule has 1 spiro atoms. The summed E-state index contributed by atoms with van der Waals surface area (Å²) in [6, 6.07) is 7.15. The lowest BCUT2D eigenvalue weighted by Crippen LogP contribution is -2.67. The topological polar surface area (TPSA) is 61.8 Å². The molecule has 3 aliphatic rings. The summed E-state index contributed by atoms with van der Waals surface area (Å²) in [4.78, 5) is 11.5. The number of aromatic nitrogens is 1. The molecule has 2 atom stereocenters. The molecule has 3 fully saturated rings. The van der Waals surface area contributed by atoms with Gasteiger partial charge in [-0.25, -0.2) is 0 Å². The van der Waals surface area contributed by atoms with Crippen molar-refractivity contribution in [2.75, 3.05) is 26.7 Å². The van der Waals surface area contributed by atoms with E-state index in [2.05, 4.69) is 44.6 Å². The van der Waals surface area contributed by atoms with Crippen LogP contribution in [0.2, 0.25) is 0 Å². The number of nitrogens with zero attached hydrogens (tertiary/aromatic N) is 3. The molecule has 6 nitrogen and oxygen atoms in total. The molecule has 1 saturated heterocycles. The van der Waals surface area contributed by atoms with Gasteiger partial charge in [0.15, 0.2) is 5.96 Å². The van der Waals surface area contributed by atoms with Gasteiger partial charge in [-0.15, -0.1) is 0 Å². The zero-order chi connectivity index (χ0) is 20.8. The Labute approximate surface area is 181 Å². The summed E-state index contributed by atoms with van der Waals surface area (Å²) in [5.41, 5.74) is 1.48. The first-order valence-electron chi connectivity index (χ1n) is 12.0. The normalized spacial score (nSPS) is 27.6. The molecule has 6 heteroatoms. The number of hydrogen-bond donors (Lipinski definition) is 2. The standard InChI is InChI=1S/C24H39N5O/c1-3-30-22-17-21(24(22)12-6-4-7-13-24)28-23(25-2)27-19-10-15-29(16-11-19)18-20-9-5-8-14-26-20/h5,8-9,14,19,21-22H,3-4,6-7,10-13,15-18H2,1-2H3,(H2,25,27,28). The second kappa shape index (κ2) is 10.1. The average molecular weight is 414 g/mol. The van der Waals surface area contributed by atoms with Gasteiger partial charge >= 0.3 is 0 Å². The summed E-state index contributed by atoms with van der Waals surface area (Å²) < 4.78 is 6.12. The molecule has 2 N–H and O–H groups in total. The summed E-state index contributed by atoms with van der Waals surface area (Å²) in [6.07, 6.45) is 12.3. The third-order valence-corrected chi connectivity index (χ3v) is 7.51. The van der Waals surface area contributed by atoms with E-state index in [0.29, 0.717) is 23.6 Å². The lowest BCUT2D eigenvalue weighted by atomic mass is 9.55. The Bertz CT molecular complexity index is 680. The fourth-order valence-electron chi connectivity index (χ4n) is 5.75. The van der Waals surface area contributed by atoms with Crippen LogP contribution in [-0.2, 0) is 11.3 Å². The molecule has 1 aromatic rings. The van der Waals surface area contributed by atoms with Crippen LogP contribution in [0.3, 0.4) is 0 Å². The largest absolute Gasteiger partial charge is 0.378 e. The maximum Gasteiger partial charge on any atom is 0.191 e. The third kappa shape index (κ3) is 4.80. The number of guanidine groups is 1. The highest BCUT2D eigenvalue weighted by atomic mass is 16.5. The number of likely N-dealkylation sites (tertiary alicyclic amines) is 1. The van der Waals surface area contributed by atoms with Crippen molar-refractivity contribution in [1.82, 2.24) is 20.5 Å². The predicted octanol–water partition coefficient (Wildman–Crippen LogP) is 3.34. The minimum Gasteiger partial charge on any atom is -0.378 e. The molecule has 0 radical (unpaired) electrons. The Balaban J connectivity index is 1.26. The van der Waals surface area contributed by atoms with Crippen molar-refractivity contribution in [3.05, 3.63) is 30.1 Å². The average Bonchev–Trinajstić information content (AvgIpc) is 2.80. The first-order valence-corrected chi connectivity index (χ1v) is 12.0. The van der Waals surface area contributed by atoms with Gasteiger partial charge in [-0.2, -0.15) is 0 Å². The minimum absolute atomic E-state index is 0.317. The smallest absolute Gasteiger partial charge is 0.191 e. The molecule has 0 bridgehead atoms. The molecule has 2 aliphatic carbocycles. The molecular formula is C24H39N5O. The molecule has 2 saturated carbocycles. The molecule has 0 aromatic carbocycles. The quantitative estimate of drug-likeness (QED) is 0.553. The van der Waals surface area contributed by atoms with Gasteiger partial charge in [0.1, 0.15) is 0 Å².